The normalized spacial score (nSPS) is 14.2. The van der Waals surface area contributed by atoms with Gasteiger partial charge in [0.25, 0.3) is 0 Å². The molecule has 2 atom stereocenters. The lowest BCUT2D eigenvalue weighted by molar-refractivity contribution is 0.573. The van der Waals surface area contributed by atoms with E-state index in [9.17, 15) is 8.78 Å². The standard InChI is InChI=1S/C14H12BrF2N/c1-9(13-4-2-3-7-18-13)14(15)11-8-10(16)5-6-12(11)17/h2-9,14H,1H3. The van der Waals surface area contributed by atoms with Crippen LogP contribution in [0.1, 0.15) is 28.9 Å². The van der Waals surface area contributed by atoms with Crippen LogP contribution in [0.15, 0.2) is 42.6 Å². The van der Waals surface area contributed by atoms with Gasteiger partial charge in [-0.1, -0.05) is 28.9 Å². The number of aromatic nitrogens is 1. The number of halogens is 3. The highest BCUT2D eigenvalue weighted by Gasteiger charge is 2.22. The zero-order chi connectivity index (χ0) is 13.1. The first kappa shape index (κ1) is 13.1. The molecule has 4 heteroatoms. The third-order valence-corrected chi connectivity index (χ3v) is 4.13. The average molecular weight is 312 g/mol. The lowest BCUT2D eigenvalue weighted by atomic mass is 9.97. The molecule has 0 saturated carbocycles. The first-order chi connectivity index (χ1) is 8.59. The maximum atomic E-state index is 13.7. The number of rotatable bonds is 3. The maximum absolute atomic E-state index is 13.7. The molecule has 2 rings (SSSR count). The van der Waals surface area contributed by atoms with E-state index < -0.39 is 11.6 Å². The molecule has 1 heterocycles. The number of hydrogen-bond acceptors (Lipinski definition) is 1. The van der Waals surface area contributed by atoms with E-state index in [1.165, 1.54) is 6.07 Å². The summed E-state index contributed by atoms with van der Waals surface area (Å²) in [5.41, 5.74) is 1.15. The van der Waals surface area contributed by atoms with Gasteiger partial charge in [-0.2, -0.15) is 0 Å². The van der Waals surface area contributed by atoms with E-state index in [1.807, 2.05) is 25.1 Å². The van der Waals surface area contributed by atoms with E-state index in [-0.39, 0.29) is 10.7 Å². The first-order valence-corrected chi connectivity index (χ1v) is 6.51. The molecule has 0 saturated heterocycles. The quantitative estimate of drug-likeness (QED) is 0.755. The highest BCUT2D eigenvalue weighted by molar-refractivity contribution is 9.09. The molecular weight excluding hydrogens is 300 g/mol. The van der Waals surface area contributed by atoms with Crippen molar-refractivity contribution in [3.05, 3.63) is 65.5 Å². The fourth-order valence-corrected chi connectivity index (χ4v) is 2.41. The molecule has 0 aliphatic rings. The van der Waals surface area contributed by atoms with Gasteiger partial charge in [0.05, 0.1) is 4.83 Å². The van der Waals surface area contributed by atoms with Gasteiger partial charge >= 0.3 is 0 Å². The van der Waals surface area contributed by atoms with E-state index in [1.54, 1.807) is 6.20 Å². The summed E-state index contributed by atoms with van der Waals surface area (Å²) in [5.74, 6) is -0.910. The molecule has 1 aromatic carbocycles. The molecule has 1 aromatic heterocycles. The van der Waals surface area contributed by atoms with Crippen LogP contribution >= 0.6 is 15.9 Å². The Bertz CT molecular complexity index is 531. The molecule has 18 heavy (non-hydrogen) atoms. The van der Waals surface area contributed by atoms with E-state index in [0.717, 1.165) is 17.8 Å². The molecule has 0 bridgehead atoms. The second kappa shape index (κ2) is 5.57. The van der Waals surface area contributed by atoms with Crippen molar-refractivity contribution in [2.24, 2.45) is 0 Å². The van der Waals surface area contributed by atoms with Crippen LogP contribution < -0.4 is 0 Å². The molecule has 0 fully saturated rings. The zero-order valence-corrected chi connectivity index (χ0v) is 11.4. The van der Waals surface area contributed by atoms with Crippen LogP contribution in [-0.4, -0.2) is 4.98 Å². The molecular formula is C14H12BrF2N. The van der Waals surface area contributed by atoms with Crippen LogP contribution in [0, 0.1) is 11.6 Å². The van der Waals surface area contributed by atoms with Crippen LogP contribution in [0.2, 0.25) is 0 Å². The Balaban J connectivity index is 2.31. The monoisotopic (exact) mass is 311 g/mol. The number of benzene rings is 1. The van der Waals surface area contributed by atoms with Crippen molar-refractivity contribution in [3.63, 3.8) is 0 Å². The summed E-state index contributed by atoms with van der Waals surface area (Å²) in [6.45, 7) is 1.92. The predicted octanol–water partition coefficient (Wildman–Crippen LogP) is 4.60. The van der Waals surface area contributed by atoms with Gasteiger partial charge in [-0.15, -0.1) is 0 Å². The zero-order valence-electron chi connectivity index (χ0n) is 9.78. The van der Waals surface area contributed by atoms with Crippen LogP contribution in [0.5, 0.6) is 0 Å². The number of nitrogens with zero attached hydrogens (tertiary/aromatic N) is 1. The smallest absolute Gasteiger partial charge is 0.127 e. The van der Waals surface area contributed by atoms with E-state index in [2.05, 4.69) is 20.9 Å². The predicted molar refractivity (Wildman–Crippen MR) is 70.7 cm³/mol. The summed E-state index contributed by atoms with van der Waals surface area (Å²) < 4.78 is 26.8. The molecule has 0 aliphatic carbocycles. The Morgan fingerprint density at radius 3 is 2.61 bits per heavy atom. The third kappa shape index (κ3) is 2.75. The van der Waals surface area contributed by atoms with E-state index in [0.29, 0.717) is 5.56 Å². The molecule has 1 nitrogen and oxygen atoms in total. The molecule has 94 valence electrons. The second-order valence-electron chi connectivity index (χ2n) is 4.11. The van der Waals surface area contributed by atoms with Crippen molar-refractivity contribution in [1.29, 1.82) is 0 Å². The first-order valence-electron chi connectivity index (χ1n) is 5.59. The van der Waals surface area contributed by atoms with Crippen molar-refractivity contribution in [3.8, 4) is 0 Å². The Hall–Kier alpha value is -1.29. The van der Waals surface area contributed by atoms with Crippen molar-refractivity contribution in [2.75, 3.05) is 0 Å². The van der Waals surface area contributed by atoms with Gasteiger partial charge < -0.3 is 0 Å². The van der Waals surface area contributed by atoms with Crippen molar-refractivity contribution in [2.45, 2.75) is 17.7 Å². The van der Waals surface area contributed by atoms with Crippen molar-refractivity contribution in [1.82, 2.24) is 4.98 Å². The Morgan fingerprint density at radius 1 is 1.17 bits per heavy atom. The lowest BCUT2D eigenvalue weighted by Crippen LogP contribution is -2.06. The SMILES string of the molecule is CC(c1ccccn1)C(Br)c1cc(F)ccc1F. The molecule has 0 spiro atoms. The molecule has 0 aliphatic heterocycles. The fraction of sp³-hybridized carbons (Fsp3) is 0.214. The lowest BCUT2D eigenvalue weighted by Gasteiger charge is -2.18. The summed E-state index contributed by atoms with van der Waals surface area (Å²) in [6, 6.07) is 9.04. The minimum atomic E-state index is -0.441. The number of hydrogen-bond donors (Lipinski definition) is 0. The van der Waals surface area contributed by atoms with Gasteiger partial charge in [0, 0.05) is 23.4 Å². The topological polar surface area (TPSA) is 12.9 Å². The van der Waals surface area contributed by atoms with Gasteiger partial charge in [-0.3, -0.25) is 4.98 Å². The summed E-state index contributed by atoms with van der Waals surface area (Å²) in [4.78, 5) is 3.91. The number of alkyl halides is 1. The van der Waals surface area contributed by atoms with Gasteiger partial charge in [-0.05, 0) is 30.3 Å². The molecule has 2 aromatic rings. The molecule has 0 radical (unpaired) electrons. The Kier molecular flexibility index (Phi) is 4.07. The summed E-state index contributed by atoms with van der Waals surface area (Å²) in [6.07, 6.45) is 1.69. The largest absolute Gasteiger partial charge is 0.261 e. The van der Waals surface area contributed by atoms with Crippen LogP contribution in [-0.2, 0) is 0 Å². The Labute approximate surface area is 113 Å². The van der Waals surface area contributed by atoms with Crippen LogP contribution in [0.3, 0.4) is 0 Å². The minimum absolute atomic E-state index is 0.0532. The molecule has 2 unspecified atom stereocenters. The second-order valence-corrected chi connectivity index (χ2v) is 5.10. The summed E-state index contributed by atoms with van der Waals surface area (Å²) >= 11 is 3.43. The average Bonchev–Trinajstić information content (AvgIpc) is 2.41. The maximum Gasteiger partial charge on any atom is 0.127 e. The van der Waals surface area contributed by atoms with Gasteiger partial charge in [0.1, 0.15) is 11.6 Å². The minimum Gasteiger partial charge on any atom is -0.261 e. The van der Waals surface area contributed by atoms with E-state index >= 15 is 0 Å². The van der Waals surface area contributed by atoms with Crippen molar-refractivity contribution < 1.29 is 8.78 Å². The van der Waals surface area contributed by atoms with Gasteiger partial charge in [0.15, 0.2) is 0 Å². The van der Waals surface area contributed by atoms with Gasteiger partial charge in [-0.25, -0.2) is 8.78 Å². The van der Waals surface area contributed by atoms with Crippen LogP contribution in [0.4, 0.5) is 8.78 Å². The molecule has 0 amide bonds. The number of pyridine rings is 1. The van der Waals surface area contributed by atoms with Crippen molar-refractivity contribution >= 4 is 15.9 Å². The highest BCUT2D eigenvalue weighted by atomic mass is 79.9. The van der Waals surface area contributed by atoms with Gasteiger partial charge in [0.2, 0.25) is 0 Å². The molecule has 0 N–H and O–H groups in total. The fourth-order valence-electron chi connectivity index (χ4n) is 1.79. The highest BCUT2D eigenvalue weighted by Crippen LogP contribution is 2.38. The van der Waals surface area contributed by atoms with Crippen LogP contribution in [0.25, 0.3) is 0 Å². The Morgan fingerprint density at radius 2 is 1.94 bits per heavy atom. The summed E-state index contributed by atoms with van der Waals surface area (Å²) in [7, 11) is 0. The summed E-state index contributed by atoms with van der Waals surface area (Å²) in [5, 5.41) is 0. The van der Waals surface area contributed by atoms with E-state index in [4.69, 9.17) is 0 Å². The third-order valence-electron chi connectivity index (χ3n) is 2.85.